The Morgan fingerprint density at radius 3 is 2.47 bits per heavy atom. The highest BCUT2D eigenvalue weighted by molar-refractivity contribution is 5.90. The van der Waals surface area contributed by atoms with Crippen LogP contribution in [0.3, 0.4) is 0 Å². The van der Waals surface area contributed by atoms with E-state index in [1.807, 2.05) is 20.8 Å². The molecule has 15 heavy (non-hydrogen) atoms. The van der Waals surface area contributed by atoms with Crippen LogP contribution in [0.15, 0.2) is 0 Å². The van der Waals surface area contributed by atoms with Gasteiger partial charge in [-0.1, -0.05) is 27.7 Å². The van der Waals surface area contributed by atoms with Crippen LogP contribution >= 0.6 is 0 Å². The smallest absolute Gasteiger partial charge is 0.139 e. The van der Waals surface area contributed by atoms with Crippen molar-refractivity contribution in [2.75, 3.05) is 0 Å². The molecular formula is C13H22O2. The minimum atomic E-state index is -0.0105. The third-order valence-electron chi connectivity index (χ3n) is 3.66. The van der Waals surface area contributed by atoms with E-state index in [2.05, 4.69) is 6.92 Å². The molecule has 0 heterocycles. The van der Waals surface area contributed by atoms with Crippen LogP contribution in [0.1, 0.15) is 47.0 Å². The molecule has 0 aromatic carbocycles. The lowest BCUT2D eigenvalue weighted by Crippen LogP contribution is -2.34. The molecule has 0 amide bonds. The van der Waals surface area contributed by atoms with E-state index < -0.39 is 0 Å². The molecule has 2 heteroatoms. The highest BCUT2D eigenvalue weighted by Crippen LogP contribution is 2.33. The first kappa shape index (κ1) is 12.4. The van der Waals surface area contributed by atoms with E-state index in [4.69, 9.17) is 0 Å². The van der Waals surface area contributed by atoms with Gasteiger partial charge in [0.05, 0.1) is 0 Å². The molecule has 1 fully saturated rings. The van der Waals surface area contributed by atoms with E-state index in [9.17, 15) is 9.59 Å². The number of rotatable bonds is 3. The van der Waals surface area contributed by atoms with Gasteiger partial charge in [0, 0.05) is 24.2 Å². The minimum absolute atomic E-state index is 0.0105. The number of Topliss-reactive ketones (excluding diaryl/α,β-unsaturated/α-hetero) is 2. The van der Waals surface area contributed by atoms with Crippen LogP contribution < -0.4 is 0 Å². The standard InChI is InChI=1S/C13H22O2/c1-8(2)12(14)7-11-9(3)5-6-10(4)13(11)15/h8-11H,5-7H2,1-4H3. The molecule has 0 aromatic rings. The maximum Gasteiger partial charge on any atom is 0.139 e. The maximum absolute atomic E-state index is 11.9. The molecule has 3 unspecified atom stereocenters. The summed E-state index contributed by atoms with van der Waals surface area (Å²) >= 11 is 0. The fourth-order valence-electron chi connectivity index (χ4n) is 2.26. The lowest BCUT2D eigenvalue weighted by Gasteiger charge is -2.31. The summed E-state index contributed by atoms with van der Waals surface area (Å²) in [5, 5.41) is 0. The largest absolute Gasteiger partial charge is 0.299 e. The molecule has 0 spiro atoms. The second-order valence-electron chi connectivity index (χ2n) is 5.29. The van der Waals surface area contributed by atoms with Crippen molar-refractivity contribution >= 4 is 11.6 Å². The Hall–Kier alpha value is -0.660. The van der Waals surface area contributed by atoms with Gasteiger partial charge in [0.1, 0.15) is 11.6 Å². The second kappa shape index (κ2) is 4.91. The number of carbonyl (C=O) groups is 2. The van der Waals surface area contributed by atoms with Crippen molar-refractivity contribution < 1.29 is 9.59 Å². The summed E-state index contributed by atoms with van der Waals surface area (Å²) < 4.78 is 0. The highest BCUT2D eigenvalue weighted by Gasteiger charge is 2.34. The molecule has 1 rings (SSSR count). The number of hydrogen-bond donors (Lipinski definition) is 0. The Bertz CT molecular complexity index is 255. The second-order valence-corrected chi connectivity index (χ2v) is 5.29. The van der Waals surface area contributed by atoms with E-state index >= 15 is 0 Å². The average molecular weight is 210 g/mol. The van der Waals surface area contributed by atoms with E-state index in [1.54, 1.807) is 0 Å². The van der Waals surface area contributed by atoms with E-state index in [0.717, 1.165) is 12.8 Å². The summed E-state index contributed by atoms with van der Waals surface area (Å²) in [6, 6.07) is 0. The van der Waals surface area contributed by atoms with Crippen LogP contribution in [-0.2, 0) is 9.59 Å². The van der Waals surface area contributed by atoms with Gasteiger partial charge in [0.15, 0.2) is 0 Å². The first-order valence-corrected chi connectivity index (χ1v) is 6.00. The van der Waals surface area contributed by atoms with Gasteiger partial charge in [-0.05, 0) is 18.8 Å². The molecule has 0 aromatic heterocycles. The first-order valence-electron chi connectivity index (χ1n) is 6.00. The van der Waals surface area contributed by atoms with Crippen LogP contribution in [0.5, 0.6) is 0 Å². The molecule has 0 aliphatic heterocycles. The molecule has 1 aliphatic rings. The molecule has 0 bridgehead atoms. The van der Waals surface area contributed by atoms with Gasteiger partial charge in [-0.15, -0.1) is 0 Å². The van der Waals surface area contributed by atoms with Crippen molar-refractivity contribution in [3.63, 3.8) is 0 Å². The fraction of sp³-hybridized carbons (Fsp3) is 0.846. The summed E-state index contributed by atoms with van der Waals surface area (Å²) in [6.45, 7) is 7.90. The lowest BCUT2D eigenvalue weighted by molar-refractivity contribution is -0.135. The molecule has 0 radical (unpaired) electrons. The Morgan fingerprint density at radius 2 is 1.93 bits per heavy atom. The van der Waals surface area contributed by atoms with Gasteiger partial charge in [0.2, 0.25) is 0 Å². The summed E-state index contributed by atoms with van der Waals surface area (Å²) in [4.78, 5) is 23.6. The zero-order valence-electron chi connectivity index (χ0n) is 10.2. The quantitative estimate of drug-likeness (QED) is 0.717. The van der Waals surface area contributed by atoms with Crippen molar-refractivity contribution in [2.24, 2.45) is 23.7 Å². The average Bonchev–Trinajstić information content (AvgIpc) is 2.18. The molecule has 86 valence electrons. The third kappa shape index (κ3) is 2.90. The minimum Gasteiger partial charge on any atom is -0.299 e. The van der Waals surface area contributed by atoms with Crippen LogP contribution in [0.2, 0.25) is 0 Å². The molecule has 2 nitrogen and oxygen atoms in total. The fourth-order valence-corrected chi connectivity index (χ4v) is 2.26. The van der Waals surface area contributed by atoms with E-state index in [1.165, 1.54) is 0 Å². The van der Waals surface area contributed by atoms with Gasteiger partial charge in [0.25, 0.3) is 0 Å². The zero-order chi connectivity index (χ0) is 11.6. The van der Waals surface area contributed by atoms with Gasteiger partial charge in [-0.25, -0.2) is 0 Å². The number of carbonyl (C=O) groups excluding carboxylic acids is 2. The third-order valence-corrected chi connectivity index (χ3v) is 3.66. The number of hydrogen-bond acceptors (Lipinski definition) is 2. The molecular weight excluding hydrogens is 188 g/mol. The summed E-state index contributed by atoms with van der Waals surface area (Å²) in [6.07, 6.45) is 2.54. The maximum atomic E-state index is 11.9. The number of ketones is 2. The molecule has 0 N–H and O–H groups in total. The van der Waals surface area contributed by atoms with Crippen LogP contribution in [0.25, 0.3) is 0 Å². The van der Waals surface area contributed by atoms with Crippen molar-refractivity contribution in [2.45, 2.75) is 47.0 Å². The topological polar surface area (TPSA) is 34.1 Å². The van der Waals surface area contributed by atoms with E-state index in [0.29, 0.717) is 18.1 Å². The Kier molecular flexibility index (Phi) is 4.06. The Morgan fingerprint density at radius 1 is 1.33 bits per heavy atom. The van der Waals surface area contributed by atoms with Crippen molar-refractivity contribution in [1.29, 1.82) is 0 Å². The molecule has 1 aliphatic carbocycles. The highest BCUT2D eigenvalue weighted by atomic mass is 16.1. The molecule has 1 saturated carbocycles. The predicted octanol–water partition coefficient (Wildman–Crippen LogP) is 2.85. The zero-order valence-corrected chi connectivity index (χ0v) is 10.2. The van der Waals surface area contributed by atoms with Gasteiger partial charge in [-0.2, -0.15) is 0 Å². The van der Waals surface area contributed by atoms with Gasteiger partial charge >= 0.3 is 0 Å². The normalized spacial score (nSPS) is 32.1. The summed E-state index contributed by atoms with van der Waals surface area (Å²) in [5.41, 5.74) is 0. The van der Waals surface area contributed by atoms with E-state index in [-0.39, 0.29) is 23.5 Å². The van der Waals surface area contributed by atoms with Crippen molar-refractivity contribution in [3.05, 3.63) is 0 Å². The SMILES string of the molecule is CC(C)C(=O)CC1C(=O)C(C)CCC1C. The van der Waals surface area contributed by atoms with Crippen LogP contribution in [0.4, 0.5) is 0 Å². The van der Waals surface area contributed by atoms with Crippen LogP contribution in [-0.4, -0.2) is 11.6 Å². The predicted molar refractivity (Wildman–Crippen MR) is 60.5 cm³/mol. The lowest BCUT2D eigenvalue weighted by atomic mass is 9.72. The van der Waals surface area contributed by atoms with Gasteiger partial charge < -0.3 is 0 Å². The molecule has 0 saturated heterocycles. The monoisotopic (exact) mass is 210 g/mol. The van der Waals surface area contributed by atoms with Crippen LogP contribution in [0, 0.1) is 23.7 Å². The Balaban J connectivity index is 2.65. The Labute approximate surface area is 92.4 Å². The first-order chi connectivity index (χ1) is 6.93. The summed E-state index contributed by atoms with van der Waals surface area (Å²) in [5.74, 6) is 1.13. The summed E-state index contributed by atoms with van der Waals surface area (Å²) in [7, 11) is 0. The molecule has 3 atom stereocenters. The van der Waals surface area contributed by atoms with Crippen molar-refractivity contribution in [1.82, 2.24) is 0 Å². The van der Waals surface area contributed by atoms with Crippen molar-refractivity contribution in [3.8, 4) is 0 Å². The van der Waals surface area contributed by atoms with Gasteiger partial charge in [-0.3, -0.25) is 9.59 Å².